The fourth-order valence-corrected chi connectivity index (χ4v) is 2.45. The van der Waals surface area contributed by atoms with E-state index in [2.05, 4.69) is 54.1 Å². The van der Waals surface area contributed by atoms with Crippen LogP contribution in [0.5, 0.6) is 0 Å². The van der Waals surface area contributed by atoms with Gasteiger partial charge in [0.15, 0.2) is 0 Å². The van der Waals surface area contributed by atoms with Crippen LogP contribution in [-0.2, 0) is 0 Å². The van der Waals surface area contributed by atoms with E-state index in [4.69, 9.17) is 0 Å². The van der Waals surface area contributed by atoms with Crippen LogP contribution in [0.15, 0.2) is 48.9 Å². The van der Waals surface area contributed by atoms with Crippen molar-refractivity contribution in [1.29, 1.82) is 0 Å². The molecular weight excluding hydrogens is 220 g/mol. The molecular formula is C16H16N2. The van der Waals surface area contributed by atoms with E-state index in [1.165, 1.54) is 27.6 Å². The second kappa shape index (κ2) is 4.30. The Labute approximate surface area is 107 Å². The normalized spacial score (nSPS) is 11.3. The molecule has 0 fully saturated rings. The third kappa shape index (κ3) is 1.70. The van der Waals surface area contributed by atoms with Gasteiger partial charge in [0.1, 0.15) is 0 Å². The van der Waals surface area contributed by atoms with Crippen molar-refractivity contribution in [1.82, 2.24) is 9.97 Å². The third-order valence-corrected chi connectivity index (χ3v) is 3.36. The number of aromatic nitrogens is 2. The maximum atomic E-state index is 4.29. The molecule has 18 heavy (non-hydrogen) atoms. The predicted octanol–water partition coefficient (Wildman–Crippen LogP) is 4.35. The average molecular weight is 236 g/mol. The molecule has 0 atom stereocenters. The van der Waals surface area contributed by atoms with Crippen LogP contribution in [0.1, 0.15) is 25.3 Å². The van der Waals surface area contributed by atoms with Crippen LogP contribution in [0, 0.1) is 0 Å². The summed E-state index contributed by atoms with van der Waals surface area (Å²) in [6.45, 7) is 4.44. The van der Waals surface area contributed by atoms with Crippen LogP contribution in [-0.4, -0.2) is 9.97 Å². The van der Waals surface area contributed by atoms with Gasteiger partial charge < -0.3 is 4.98 Å². The minimum atomic E-state index is 0.497. The van der Waals surface area contributed by atoms with E-state index < -0.39 is 0 Å². The fourth-order valence-electron chi connectivity index (χ4n) is 2.45. The Kier molecular flexibility index (Phi) is 2.63. The first kappa shape index (κ1) is 11.0. The lowest BCUT2D eigenvalue weighted by Crippen LogP contribution is -1.93. The molecule has 0 radical (unpaired) electrons. The molecule has 3 aromatic rings. The molecule has 0 spiro atoms. The molecule has 0 aliphatic rings. The van der Waals surface area contributed by atoms with Crippen molar-refractivity contribution in [3.8, 4) is 11.1 Å². The molecule has 0 saturated heterocycles. The van der Waals surface area contributed by atoms with Crippen LogP contribution in [0.2, 0.25) is 0 Å². The monoisotopic (exact) mass is 236 g/mol. The number of hydrogen-bond donors (Lipinski definition) is 1. The Morgan fingerprint density at radius 1 is 1.06 bits per heavy atom. The van der Waals surface area contributed by atoms with Crippen LogP contribution >= 0.6 is 0 Å². The SMILES string of the molecule is CC(C)c1ccncc1-c1cccc2[nH]ccc12. The summed E-state index contributed by atoms with van der Waals surface area (Å²) in [4.78, 5) is 7.54. The first-order chi connectivity index (χ1) is 8.77. The molecule has 1 aromatic carbocycles. The molecule has 0 aliphatic heterocycles. The molecule has 2 heterocycles. The lowest BCUT2D eigenvalue weighted by Gasteiger charge is -2.12. The number of nitrogens with one attached hydrogen (secondary N) is 1. The number of aromatic amines is 1. The van der Waals surface area contributed by atoms with Gasteiger partial charge in [0.2, 0.25) is 0 Å². The lowest BCUT2D eigenvalue weighted by molar-refractivity contribution is 0.866. The summed E-state index contributed by atoms with van der Waals surface area (Å²) in [6, 6.07) is 10.6. The van der Waals surface area contributed by atoms with Crippen molar-refractivity contribution in [3.63, 3.8) is 0 Å². The summed E-state index contributed by atoms with van der Waals surface area (Å²) in [6.07, 6.45) is 5.83. The lowest BCUT2D eigenvalue weighted by atomic mass is 9.93. The molecule has 0 aliphatic carbocycles. The molecule has 1 N–H and O–H groups in total. The molecule has 90 valence electrons. The first-order valence-electron chi connectivity index (χ1n) is 6.28. The van der Waals surface area contributed by atoms with Crippen LogP contribution in [0.4, 0.5) is 0 Å². The topological polar surface area (TPSA) is 28.7 Å². The molecule has 2 nitrogen and oxygen atoms in total. The molecule has 2 heteroatoms. The quantitative estimate of drug-likeness (QED) is 0.704. The van der Waals surface area contributed by atoms with Crippen molar-refractivity contribution >= 4 is 10.9 Å². The number of pyridine rings is 1. The number of nitrogens with zero attached hydrogens (tertiary/aromatic N) is 1. The van der Waals surface area contributed by atoms with Crippen molar-refractivity contribution in [2.24, 2.45) is 0 Å². The second-order valence-corrected chi connectivity index (χ2v) is 4.86. The van der Waals surface area contributed by atoms with Crippen LogP contribution < -0.4 is 0 Å². The summed E-state index contributed by atoms with van der Waals surface area (Å²) in [5.74, 6) is 0.497. The highest BCUT2D eigenvalue weighted by Crippen LogP contribution is 2.33. The van der Waals surface area contributed by atoms with Crippen molar-refractivity contribution in [2.75, 3.05) is 0 Å². The van der Waals surface area contributed by atoms with E-state index in [0.29, 0.717) is 5.92 Å². The van der Waals surface area contributed by atoms with E-state index in [1.54, 1.807) is 0 Å². The summed E-state index contributed by atoms with van der Waals surface area (Å²) < 4.78 is 0. The Balaban J connectivity index is 2.29. The van der Waals surface area contributed by atoms with Gasteiger partial charge >= 0.3 is 0 Å². The van der Waals surface area contributed by atoms with Gasteiger partial charge in [-0.2, -0.15) is 0 Å². The molecule has 0 amide bonds. The van der Waals surface area contributed by atoms with E-state index in [0.717, 1.165) is 0 Å². The smallest absolute Gasteiger partial charge is 0.0460 e. The molecule has 0 saturated carbocycles. The van der Waals surface area contributed by atoms with E-state index in [-0.39, 0.29) is 0 Å². The van der Waals surface area contributed by atoms with Gasteiger partial charge in [-0.15, -0.1) is 0 Å². The van der Waals surface area contributed by atoms with E-state index in [1.807, 2.05) is 18.6 Å². The highest BCUT2D eigenvalue weighted by molar-refractivity contribution is 5.95. The highest BCUT2D eigenvalue weighted by Gasteiger charge is 2.11. The van der Waals surface area contributed by atoms with Crippen LogP contribution in [0.3, 0.4) is 0 Å². The average Bonchev–Trinajstić information content (AvgIpc) is 2.86. The Hall–Kier alpha value is -2.09. The largest absolute Gasteiger partial charge is 0.361 e. The summed E-state index contributed by atoms with van der Waals surface area (Å²) in [5.41, 5.74) is 5.01. The first-order valence-corrected chi connectivity index (χ1v) is 6.28. The van der Waals surface area contributed by atoms with Crippen molar-refractivity contribution in [3.05, 3.63) is 54.5 Å². The standard InChI is InChI=1S/C16H16N2/c1-11(2)12-6-8-17-10-15(12)13-4-3-5-16-14(13)7-9-18-16/h3-11,18H,1-2H3. The Morgan fingerprint density at radius 2 is 1.94 bits per heavy atom. The van der Waals surface area contributed by atoms with Gasteiger partial charge in [0.25, 0.3) is 0 Å². The number of H-pyrrole nitrogens is 1. The van der Waals surface area contributed by atoms with Gasteiger partial charge in [0, 0.05) is 35.1 Å². The van der Waals surface area contributed by atoms with Crippen LogP contribution in [0.25, 0.3) is 22.0 Å². The Morgan fingerprint density at radius 3 is 2.78 bits per heavy atom. The van der Waals surface area contributed by atoms with E-state index in [9.17, 15) is 0 Å². The highest BCUT2D eigenvalue weighted by atomic mass is 14.7. The van der Waals surface area contributed by atoms with E-state index >= 15 is 0 Å². The number of fused-ring (bicyclic) bond motifs is 1. The molecule has 0 bridgehead atoms. The minimum Gasteiger partial charge on any atom is -0.361 e. The maximum absolute atomic E-state index is 4.29. The number of hydrogen-bond acceptors (Lipinski definition) is 1. The zero-order valence-electron chi connectivity index (χ0n) is 10.6. The second-order valence-electron chi connectivity index (χ2n) is 4.86. The summed E-state index contributed by atoms with van der Waals surface area (Å²) in [7, 11) is 0. The molecule has 0 unspecified atom stereocenters. The minimum absolute atomic E-state index is 0.497. The zero-order chi connectivity index (χ0) is 12.5. The van der Waals surface area contributed by atoms with Gasteiger partial charge in [-0.25, -0.2) is 0 Å². The van der Waals surface area contributed by atoms with Gasteiger partial charge in [-0.05, 0) is 35.2 Å². The van der Waals surface area contributed by atoms with Gasteiger partial charge in [-0.1, -0.05) is 26.0 Å². The summed E-state index contributed by atoms with van der Waals surface area (Å²) in [5, 5.41) is 1.26. The van der Waals surface area contributed by atoms with Crippen molar-refractivity contribution in [2.45, 2.75) is 19.8 Å². The predicted molar refractivity (Wildman–Crippen MR) is 75.6 cm³/mol. The zero-order valence-corrected chi connectivity index (χ0v) is 10.6. The molecule has 2 aromatic heterocycles. The number of benzene rings is 1. The molecule has 3 rings (SSSR count). The van der Waals surface area contributed by atoms with Crippen molar-refractivity contribution < 1.29 is 0 Å². The fraction of sp³-hybridized carbons (Fsp3) is 0.188. The maximum Gasteiger partial charge on any atom is 0.0460 e. The van der Waals surface area contributed by atoms with Gasteiger partial charge in [0.05, 0.1) is 0 Å². The summed E-state index contributed by atoms with van der Waals surface area (Å²) >= 11 is 0. The Bertz CT molecular complexity index is 680. The number of rotatable bonds is 2. The van der Waals surface area contributed by atoms with Gasteiger partial charge in [-0.3, -0.25) is 4.98 Å². The third-order valence-electron chi connectivity index (χ3n) is 3.36.